The first-order chi connectivity index (χ1) is 9.20. The molecule has 1 aromatic rings. The first kappa shape index (κ1) is 14.4. The first-order valence-corrected chi connectivity index (χ1v) is 7.68. The Morgan fingerprint density at radius 3 is 2.95 bits per heavy atom. The van der Waals surface area contributed by atoms with Crippen molar-refractivity contribution in [3.8, 4) is 5.75 Å². The van der Waals surface area contributed by atoms with Crippen LogP contribution in [-0.2, 0) is 0 Å². The SMILES string of the molecule is CCCC1CNCCC1c1cccc(OC(C)C)c1. The quantitative estimate of drug-likeness (QED) is 0.866. The number of benzene rings is 1. The van der Waals surface area contributed by atoms with E-state index in [-0.39, 0.29) is 6.10 Å². The summed E-state index contributed by atoms with van der Waals surface area (Å²) in [4.78, 5) is 0. The fourth-order valence-corrected chi connectivity index (χ4v) is 3.13. The normalized spacial score (nSPS) is 23.6. The fourth-order valence-electron chi connectivity index (χ4n) is 3.13. The van der Waals surface area contributed by atoms with E-state index in [4.69, 9.17) is 4.74 Å². The van der Waals surface area contributed by atoms with E-state index in [1.165, 1.54) is 24.8 Å². The van der Waals surface area contributed by atoms with Crippen LogP contribution in [0.2, 0.25) is 0 Å². The minimum atomic E-state index is 0.245. The lowest BCUT2D eigenvalue weighted by atomic mass is 9.79. The van der Waals surface area contributed by atoms with Crippen LogP contribution in [0.4, 0.5) is 0 Å². The third-order valence-electron chi connectivity index (χ3n) is 3.93. The van der Waals surface area contributed by atoms with Crippen LogP contribution in [-0.4, -0.2) is 19.2 Å². The summed E-state index contributed by atoms with van der Waals surface area (Å²) in [5.41, 5.74) is 1.46. The second-order valence-electron chi connectivity index (χ2n) is 5.89. The molecule has 1 heterocycles. The van der Waals surface area contributed by atoms with Gasteiger partial charge in [0.25, 0.3) is 0 Å². The van der Waals surface area contributed by atoms with Crippen molar-refractivity contribution in [2.75, 3.05) is 13.1 Å². The number of nitrogens with one attached hydrogen (secondary N) is 1. The Balaban J connectivity index is 2.14. The van der Waals surface area contributed by atoms with Crippen molar-refractivity contribution >= 4 is 0 Å². The summed E-state index contributed by atoms with van der Waals surface area (Å²) in [5, 5.41) is 3.53. The standard InChI is InChI=1S/C17H27NO/c1-4-6-15-12-18-10-9-17(15)14-7-5-8-16(11-14)19-13(2)3/h5,7-8,11,13,15,17-18H,4,6,9-10,12H2,1-3H3. The predicted octanol–water partition coefficient (Wildman–Crippen LogP) is 3.97. The van der Waals surface area contributed by atoms with E-state index in [0.717, 1.165) is 24.8 Å². The lowest BCUT2D eigenvalue weighted by Gasteiger charge is -2.32. The molecule has 1 fully saturated rings. The molecule has 1 aliphatic rings. The zero-order valence-electron chi connectivity index (χ0n) is 12.5. The Bertz CT molecular complexity index is 387. The van der Waals surface area contributed by atoms with Crippen molar-refractivity contribution in [3.63, 3.8) is 0 Å². The summed E-state index contributed by atoms with van der Waals surface area (Å²) in [5.74, 6) is 2.48. The molecule has 0 radical (unpaired) electrons. The lowest BCUT2D eigenvalue weighted by molar-refractivity contribution is 0.241. The van der Waals surface area contributed by atoms with Crippen LogP contribution in [0.5, 0.6) is 5.75 Å². The second kappa shape index (κ2) is 6.95. The predicted molar refractivity (Wildman–Crippen MR) is 80.8 cm³/mol. The van der Waals surface area contributed by atoms with Gasteiger partial charge in [0, 0.05) is 0 Å². The number of rotatable bonds is 5. The van der Waals surface area contributed by atoms with E-state index in [1.807, 2.05) is 0 Å². The molecule has 0 saturated carbocycles. The molecular formula is C17H27NO. The Kier molecular flexibility index (Phi) is 5.26. The van der Waals surface area contributed by atoms with Gasteiger partial charge in [-0.05, 0) is 69.3 Å². The van der Waals surface area contributed by atoms with Gasteiger partial charge in [-0.1, -0.05) is 25.5 Å². The maximum Gasteiger partial charge on any atom is 0.119 e. The molecule has 1 saturated heterocycles. The highest BCUT2D eigenvalue weighted by molar-refractivity contribution is 5.31. The molecule has 2 heteroatoms. The van der Waals surface area contributed by atoms with E-state index in [1.54, 1.807) is 0 Å². The summed E-state index contributed by atoms with van der Waals surface area (Å²) in [6, 6.07) is 8.72. The van der Waals surface area contributed by atoms with Crippen LogP contribution in [0.1, 0.15) is 51.5 Å². The topological polar surface area (TPSA) is 21.3 Å². The van der Waals surface area contributed by atoms with Gasteiger partial charge in [0.1, 0.15) is 5.75 Å². The van der Waals surface area contributed by atoms with Gasteiger partial charge in [-0.25, -0.2) is 0 Å². The van der Waals surface area contributed by atoms with E-state index >= 15 is 0 Å². The number of hydrogen-bond acceptors (Lipinski definition) is 2. The smallest absolute Gasteiger partial charge is 0.119 e. The Morgan fingerprint density at radius 2 is 2.21 bits per heavy atom. The summed E-state index contributed by atoms with van der Waals surface area (Å²) in [7, 11) is 0. The Hall–Kier alpha value is -1.02. The van der Waals surface area contributed by atoms with Crippen molar-refractivity contribution in [1.82, 2.24) is 5.32 Å². The number of ether oxygens (including phenoxy) is 1. The number of hydrogen-bond donors (Lipinski definition) is 1. The van der Waals surface area contributed by atoms with Crippen LogP contribution in [0.3, 0.4) is 0 Å². The van der Waals surface area contributed by atoms with Crippen molar-refractivity contribution in [2.45, 2.75) is 52.1 Å². The molecule has 2 rings (SSSR count). The minimum absolute atomic E-state index is 0.245. The van der Waals surface area contributed by atoms with Gasteiger partial charge in [0.05, 0.1) is 6.10 Å². The van der Waals surface area contributed by atoms with Crippen molar-refractivity contribution in [1.29, 1.82) is 0 Å². The van der Waals surface area contributed by atoms with E-state index in [2.05, 4.69) is 50.4 Å². The van der Waals surface area contributed by atoms with Gasteiger partial charge >= 0.3 is 0 Å². The zero-order chi connectivity index (χ0) is 13.7. The fraction of sp³-hybridized carbons (Fsp3) is 0.647. The highest BCUT2D eigenvalue weighted by atomic mass is 16.5. The van der Waals surface area contributed by atoms with Crippen molar-refractivity contribution < 1.29 is 4.74 Å². The van der Waals surface area contributed by atoms with Crippen LogP contribution in [0.25, 0.3) is 0 Å². The molecule has 0 amide bonds. The van der Waals surface area contributed by atoms with Crippen LogP contribution in [0.15, 0.2) is 24.3 Å². The molecule has 0 aromatic heterocycles. The Labute approximate surface area is 117 Å². The molecule has 0 spiro atoms. The highest BCUT2D eigenvalue weighted by Gasteiger charge is 2.25. The second-order valence-corrected chi connectivity index (χ2v) is 5.89. The third-order valence-corrected chi connectivity index (χ3v) is 3.93. The van der Waals surface area contributed by atoms with E-state index < -0.39 is 0 Å². The molecule has 0 bridgehead atoms. The zero-order valence-corrected chi connectivity index (χ0v) is 12.5. The molecule has 1 N–H and O–H groups in total. The van der Waals surface area contributed by atoms with Gasteiger partial charge in [-0.3, -0.25) is 0 Å². The molecule has 2 nitrogen and oxygen atoms in total. The van der Waals surface area contributed by atoms with Gasteiger partial charge < -0.3 is 10.1 Å². The first-order valence-electron chi connectivity index (χ1n) is 7.68. The third kappa shape index (κ3) is 3.97. The summed E-state index contributed by atoms with van der Waals surface area (Å²) in [6.07, 6.45) is 4.07. The Morgan fingerprint density at radius 1 is 1.37 bits per heavy atom. The summed E-state index contributed by atoms with van der Waals surface area (Å²) in [6.45, 7) is 8.74. The molecule has 2 atom stereocenters. The van der Waals surface area contributed by atoms with Gasteiger partial charge in [0.15, 0.2) is 0 Å². The maximum absolute atomic E-state index is 5.83. The molecule has 1 aliphatic heterocycles. The summed E-state index contributed by atoms with van der Waals surface area (Å²) < 4.78 is 5.83. The summed E-state index contributed by atoms with van der Waals surface area (Å²) >= 11 is 0. The average Bonchev–Trinajstić information content (AvgIpc) is 2.39. The van der Waals surface area contributed by atoms with Gasteiger partial charge in [-0.2, -0.15) is 0 Å². The lowest BCUT2D eigenvalue weighted by Crippen LogP contribution is -2.35. The molecule has 2 unspecified atom stereocenters. The van der Waals surface area contributed by atoms with Crippen molar-refractivity contribution in [3.05, 3.63) is 29.8 Å². The molecule has 0 aliphatic carbocycles. The molecule has 1 aromatic carbocycles. The van der Waals surface area contributed by atoms with Crippen LogP contribution in [0, 0.1) is 5.92 Å². The highest BCUT2D eigenvalue weighted by Crippen LogP contribution is 2.34. The van der Waals surface area contributed by atoms with Gasteiger partial charge in [-0.15, -0.1) is 0 Å². The van der Waals surface area contributed by atoms with Crippen molar-refractivity contribution in [2.24, 2.45) is 5.92 Å². The minimum Gasteiger partial charge on any atom is -0.491 e. The molecule has 106 valence electrons. The van der Waals surface area contributed by atoms with Gasteiger partial charge in [0.2, 0.25) is 0 Å². The van der Waals surface area contributed by atoms with Crippen LogP contribution < -0.4 is 10.1 Å². The number of piperidine rings is 1. The maximum atomic E-state index is 5.83. The average molecular weight is 261 g/mol. The molecule has 19 heavy (non-hydrogen) atoms. The van der Waals surface area contributed by atoms with E-state index in [9.17, 15) is 0 Å². The monoisotopic (exact) mass is 261 g/mol. The van der Waals surface area contributed by atoms with Crippen LogP contribution >= 0.6 is 0 Å². The largest absolute Gasteiger partial charge is 0.491 e. The van der Waals surface area contributed by atoms with E-state index in [0.29, 0.717) is 5.92 Å². The molecular weight excluding hydrogens is 234 g/mol.